The summed E-state index contributed by atoms with van der Waals surface area (Å²) in [4.78, 5) is 21.4. The molecule has 6 heteroatoms. The molecule has 0 saturated carbocycles. The molecule has 0 fully saturated rings. The molecule has 0 amide bonds. The number of aryl methyl sites for hydroxylation is 1. The fourth-order valence-corrected chi connectivity index (χ4v) is 1.39. The Hall–Kier alpha value is -1.85. The van der Waals surface area contributed by atoms with Gasteiger partial charge in [-0.2, -0.15) is 13.2 Å². The summed E-state index contributed by atoms with van der Waals surface area (Å²) in [6.07, 6.45) is -5.33. The maximum atomic E-state index is 12.4. The second-order valence-corrected chi connectivity index (χ2v) is 3.50. The van der Waals surface area contributed by atoms with E-state index in [2.05, 4.69) is 0 Å². The molecule has 0 aromatic heterocycles. The minimum absolute atomic E-state index is 0.0697. The van der Waals surface area contributed by atoms with Crippen LogP contribution < -0.4 is 5.11 Å². The summed E-state index contributed by atoms with van der Waals surface area (Å²) in [5, 5.41) is 10.2. The average molecular weight is 245 g/mol. The van der Waals surface area contributed by atoms with E-state index in [9.17, 15) is 27.9 Å². The monoisotopic (exact) mass is 245 g/mol. The molecule has 0 N–H and O–H groups in total. The molecule has 17 heavy (non-hydrogen) atoms. The van der Waals surface area contributed by atoms with Gasteiger partial charge < -0.3 is 9.90 Å². The fourth-order valence-electron chi connectivity index (χ4n) is 1.39. The van der Waals surface area contributed by atoms with Gasteiger partial charge in [-0.05, 0) is 24.6 Å². The van der Waals surface area contributed by atoms with Gasteiger partial charge in [-0.3, -0.25) is 4.79 Å². The molecule has 92 valence electrons. The number of aliphatic carboxylic acids is 1. The van der Waals surface area contributed by atoms with Crippen molar-refractivity contribution in [1.82, 2.24) is 0 Å². The molecule has 0 saturated heterocycles. The molecule has 0 atom stereocenters. The smallest absolute Gasteiger partial charge is 0.416 e. The van der Waals surface area contributed by atoms with Crippen LogP contribution in [0.15, 0.2) is 18.2 Å². The molecule has 0 aliphatic carbocycles. The summed E-state index contributed by atoms with van der Waals surface area (Å²) in [7, 11) is 0. The number of rotatable bonds is 3. The van der Waals surface area contributed by atoms with E-state index < -0.39 is 29.9 Å². The summed E-state index contributed by atoms with van der Waals surface area (Å²) >= 11 is 0. The van der Waals surface area contributed by atoms with Gasteiger partial charge in [0.1, 0.15) is 0 Å². The third-order valence-electron chi connectivity index (χ3n) is 2.16. The third kappa shape index (κ3) is 3.30. The van der Waals surface area contributed by atoms with Crippen LogP contribution in [0.25, 0.3) is 0 Å². The normalized spacial score (nSPS) is 11.3. The largest absolute Gasteiger partial charge is 0.550 e. The van der Waals surface area contributed by atoms with Crippen molar-refractivity contribution in [2.24, 2.45) is 0 Å². The van der Waals surface area contributed by atoms with E-state index >= 15 is 0 Å². The van der Waals surface area contributed by atoms with Crippen molar-refractivity contribution in [3.8, 4) is 0 Å². The number of hydrogen-bond donors (Lipinski definition) is 0. The van der Waals surface area contributed by atoms with Gasteiger partial charge >= 0.3 is 6.18 Å². The predicted molar refractivity (Wildman–Crippen MR) is 50.1 cm³/mol. The van der Waals surface area contributed by atoms with Crippen molar-refractivity contribution in [2.45, 2.75) is 19.5 Å². The van der Waals surface area contributed by atoms with Crippen LogP contribution in [0.2, 0.25) is 0 Å². The second kappa shape index (κ2) is 4.57. The Morgan fingerprint density at radius 1 is 1.29 bits per heavy atom. The Morgan fingerprint density at radius 2 is 1.88 bits per heavy atom. The molecule has 1 aromatic rings. The predicted octanol–water partition coefficient (Wildman–Crippen LogP) is 1.34. The summed E-state index contributed by atoms with van der Waals surface area (Å²) in [5.74, 6) is -2.34. The zero-order valence-corrected chi connectivity index (χ0v) is 8.80. The van der Waals surface area contributed by atoms with Gasteiger partial charge in [0.25, 0.3) is 0 Å². The van der Waals surface area contributed by atoms with Gasteiger partial charge in [0.15, 0.2) is 5.78 Å². The Kier molecular flexibility index (Phi) is 3.55. The molecular weight excluding hydrogens is 237 g/mol. The van der Waals surface area contributed by atoms with E-state index in [1.165, 1.54) is 6.92 Å². The first kappa shape index (κ1) is 13.2. The summed E-state index contributed by atoms with van der Waals surface area (Å²) in [6, 6.07) is 2.74. The standard InChI is InChI=1S/C11H9F3O3/c1-6-4-7(9(15)5-10(16)17)2-3-8(6)11(12,13)14/h2-4H,5H2,1H3,(H,16,17)/p-1. The van der Waals surface area contributed by atoms with Crippen LogP contribution in [0, 0.1) is 6.92 Å². The molecule has 0 radical (unpaired) electrons. The maximum absolute atomic E-state index is 12.4. The molecule has 3 nitrogen and oxygen atoms in total. The lowest BCUT2D eigenvalue weighted by molar-refractivity contribution is -0.304. The highest BCUT2D eigenvalue weighted by atomic mass is 19.4. The number of carbonyl (C=O) groups excluding carboxylic acids is 2. The van der Waals surface area contributed by atoms with E-state index in [1.54, 1.807) is 0 Å². The van der Waals surface area contributed by atoms with E-state index in [4.69, 9.17) is 0 Å². The minimum atomic E-state index is -4.49. The minimum Gasteiger partial charge on any atom is -0.550 e. The van der Waals surface area contributed by atoms with Crippen molar-refractivity contribution in [2.75, 3.05) is 0 Å². The van der Waals surface area contributed by atoms with Crippen molar-refractivity contribution in [3.63, 3.8) is 0 Å². The highest BCUT2D eigenvalue weighted by Crippen LogP contribution is 2.32. The molecule has 0 heterocycles. The molecule has 0 aliphatic rings. The highest BCUT2D eigenvalue weighted by Gasteiger charge is 2.32. The van der Waals surface area contributed by atoms with Crippen LogP contribution in [-0.4, -0.2) is 11.8 Å². The number of Topliss-reactive ketones (excluding diaryl/α,β-unsaturated/α-hetero) is 1. The SMILES string of the molecule is Cc1cc(C(=O)CC(=O)[O-])ccc1C(F)(F)F. The van der Waals surface area contributed by atoms with Crippen LogP contribution in [0.5, 0.6) is 0 Å². The molecular formula is C11H8F3O3-. The summed E-state index contributed by atoms with van der Waals surface area (Å²) in [5.41, 5.74) is -1.04. The Bertz CT molecular complexity index is 464. The number of carbonyl (C=O) groups is 2. The van der Waals surface area contributed by atoms with Crippen LogP contribution in [0.3, 0.4) is 0 Å². The first-order chi connectivity index (χ1) is 7.71. The van der Waals surface area contributed by atoms with Gasteiger partial charge in [0, 0.05) is 11.5 Å². The molecule has 1 aromatic carbocycles. The fraction of sp³-hybridized carbons (Fsp3) is 0.273. The number of halogens is 3. The van der Waals surface area contributed by atoms with Crippen LogP contribution in [0.1, 0.15) is 27.9 Å². The molecule has 1 rings (SSSR count). The van der Waals surface area contributed by atoms with Crippen LogP contribution >= 0.6 is 0 Å². The Morgan fingerprint density at radius 3 is 2.29 bits per heavy atom. The van der Waals surface area contributed by atoms with Crippen LogP contribution in [0.4, 0.5) is 13.2 Å². The molecule has 0 unspecified atom stereocenters. The second-order valence-electron chi connectivity index (χ2n) is 3.50. The maximum Gasteiger partial charge on any atom is 0.416 e. The number of hydrogen-bond acceptors (Lipinski definition) is 3. The first-order valence-electron chi connectivity index (χ1n) is 4.62. The number of ketones is 1. The Balaban J connectivity index is 3.05. The van der Waals surface area contributed by atoms with Crippen LogP contribution in [-0.2, 0) is 11.0 Å². The van der Waals surface area contributed by atoms with Gasteiger partial charge in [0.05, 0.1) is 12.0 Å². The van der Waals surface area contributed by atoms with Crippen molar-refractivity contribution in [3.05, 3.63) is 34.9 Å². The summed E-state index contributed by atoms with van der Waals surface area (Å²) < 4.78 is 37.2. The third-order valence-corrected chi connectivity index (χ3v) is 2.16. The van der Waals surface area contributed by atoms with E-state index in [0.717, 1.165) is 18.2 Å². The zero-order valence-electron chi connectivity index (χ0n) is 8.80. The van der Waals surface area contributed by atoms with Gasteiger partial charge in [-0.15, -0.1) is 0 Å². The Labute approximate surface area is 94.9 Å². The van der Waals surface area contributed by atoms with Crippen molar-refractivity contribution >= 4 is 11.8 Å². The number of carboxylic acids is 1. The number of alkyl halides is 3. The van der Waals surface area contributed by atoms with Crippen molar-refractivity contribution < 1.29 is 27.9 Å². The summed E-state index contributed by atoms with van der Waals surface area (Å²) in [6.45, 7) is 1.21. The number of benzene rings is 1. The lowest BCUT2D eigenvalue weighted by atomic mass is 10.0. The number of carboxylic acid groups (broad SMARTS) is 1. The van der Waals surface area contributed by atoms with Gasteiger partial charge in [-0.1, -0.05) is 6.07 Å². The van der Waals surface area contributed by atoms with E-state index in [-0.39, 0.29) is 11.1 Å². The van der Waals surface area contributed by atoms with E-state index in [0.29, 0.717) is 0 Å². The quantitative estimate of drug-likeness (QED) is 0.596. The molecule has 0 aliphatic heterocycles. The van der Waals surface area contributed by atoms with Gasteiger partial charge in [0.2, 0.25) is 0 Å². The zero-order chi connectivity index (χ0) is 13.2. The average Bonchev–Trinajstić information content (AvgIpc) is 2.14. The van der Waals surface area contributed by atoms with E-state index in [1.807, 2.05) is 0 Å². The molecule has 0 bridgehead atoms. The lowest BCUT2D eigenvalue weighted by Crippen LogP contribution is -2.25. The first-order valence-corrected chi connectivity index (χ1v) is 4.62. The lowest BCUT2D eigenvalue weighted by Gasteiger charge is -2.11. The topological polar surface area (TPSA) is 57.2 Å². The van der Waals surface area contributed by atoms with Crippen molar-refractivity contribution in [1.29, 1.82) is 0 Å². The molecule has 0 spiro atoms. The van der Waals surface area contributed by atoms with Gasteiger partial charge in [-0.25, -0.2) is 0 Å². The highest BCUT2D eigenvalue weighted by molar-refractivity contribution is 6.05.